The minimum Gasteiger partial charge on any atom is -0.494 e. The Morgan fingerprint density at radius 3 is 2.66 bits per heavy atom. The van der Waals surface area contributed by atoms with Crippen molar-refractivity contribution in [1.29, 1.82) is 0 Å². The molecule has 1 aliphatic heterocycles. The van der Waals surface area contributed by atoms with Crippen LogP contribution in [0.2, 0.25) is 0 Å². The summed E-state index contributed by atoms with van der Waals surface area (Å²) in [5, 5.41) is 9.42. The van der Waals surface area contributed by atoms with Crippen molar-refractivity contribution in [2.24, 2.45) is 0 Å². The van der Waals surface area contributed by atoms with Gasteiger partial charge in [-0.15, -0.1) is 11.3 Å². The molecule has 1 N–H and O–H groups in total. The molecule has 0 bridgehead atoms. The number of thiophene rings is 1. The zero-order chi connectivity index (χ0) is 26.6. The second kappa shape index (κ2) is 10.8. The van der Waals surface area contributed by atoms with Gasteiger partial charge >= 0.3 is 5.97 Å². The molecule has 0 fully saturated rings. The van der Waals surface area contributed by atoms with Crippen molar-refractivity contribution in [1.82, 2.24) is 9.78 Å². The lowest BCUT2D eigenvalue weighted by molar-refractivity contribution is -0.111. The minimum absolute atomic E-state index is 0.0250. The molecule has 0 saturated heterocycles. The summed E-state index contributed by atoms with van der Waals surface area (Å²) in [6, 6.07) is 12.1. The molecule has 1 amide bonds. The van der Waals surface area contributed by atoms with Gasteiger partial charge in [0.15, 0.2) is 17.2 Å². The monoisotopic (exact) mass is 533 g/mol. The first-order valence-electron chi connectivity index (χ1n) is 11.8. The van der Waals surface area contributed by atoms with Gasteiger partial charge in [-0.2, -0.15) is 9.78 Å². The number of aromatic nitrogens is 2. The number of rotatable bonds is 8. The van der Waals surface area contributed by atoms with E-state index in [4.69, 9.17) is 18.9 Å². The molecular weight excluding hydrogens is 510 g/mol. The Morgan fingerprint density at radius 2 is 1.89 bits per heavy atom. The number of hydrogen-bond acceptors (Lipinski definition) is 9. The molecule has 3 heterocycles. The van der Waals surface area contributed by atoms with E-state index < -0.39 is 17.4 Å². The first-order valence-corrected chi connectivity index (χ1v) is 12.7. The summed E-state index contributed by atoms with van der Waals surface area (Å²) in [5.41, 5.74) is 0.653. The van der Waals surface area contributed by atoms with Crippen molar-refractivity contribution in [2.45, 2.75) is 13.8 Å². The first-order chi connectivity index (χ1) is 18.5. The maximum atomic E-state index is 13.6. The fraction of sp³-hybridized carbons (Fsp3) is 0.185. The van der Waals surface area contributed by atoms with Gasteiger partial charge in [-0.25, -0.2) is 4.79 Å². The highest BCUT2D eigenvalue weighted by molar-refractivity contribution is 7.16. The van der Waals surface area contributed by atoms with Crippen LogP contribution in [-0.4, -0.2) is 41.7 Å². The largest absolute Gasteiger partial charge is 0.494 e. The van der Waals surface area contributed by atoms with Crippen LogP contribution in [0.3, 0.4) is 0 Å². The molecular formula is C27H23N3O7S. The Labute approximate surface area is 221 Å². The number of hydrogen-bond donors (Lipinski definition) is 1. The van der Waals surface area contributed by atoms with Gasteiger partial charge in [0.2, 0.25) is 12.7 Å². The number of benzene rings is 2. The SMILES string of the molecule is CCOC(=O)c1nn(-c2ccc(OCC)cc2)c(=O)c2c(NC(=O)/C=C/c3ccc4c(c3)OCO4)scc12. The number of anilines is 1. The van der Waals surface area contributed by atoms with Crippen molar-refractivity contribution in [3.63, 3.8) is 0 Å². The zero-order valence-corrected chi connectivity index (χ0v) is 21.4. The normalized spacial score (nSPS) is 12.2. The van der Waals surface area contributed by atoms with Crippen molar-refractivity contribution < 1.29 is 28.5 Å². The van der Waals surface area contributed by atoms with E-state index in [2.05, 4.69) is 10.4 Å². The highest BCUT2D eigenvalue weighted by Crippen LogP contribution is 2.33. The van der Waals surface area contributed by atoms with E-state index in [-0.39, 0.29) is 29.5 Å². The standard InChI is InChI=1S/C27H23N3O7S/c1-3-34-18-9-7-17(8-10-18)30-26(32)23-19(24(29-30)27(33)35-4-2)14-38-25(23)28-22(31)12-6-16-5-11-20-21(13-16)37-15-36-20/h5-14H,3-4,15H2,1-2H3,(H,28,31)/b12-6+. The third-order valence-corrected chi connectivity index (χ3v) is 6.47. The zero-order valence-electron chi connectivity index (χ0n) is 20.6. The average molecular weight is 534 g/mol. The summed E-state index contributed by atoms with van der Waals surface area (Å²) in [5.74, 6) is 0.759. The summed E-state index contributed by atoms with van der Waals surface area (Å²) < 4.78 is 22.4. The summed E-state index contributed by atoms with van der Waals surface area (Å²) in [6.45, 7) is 4.35. The van der Waals surface area contributed by atoms with E-state index in [1.165, 1.54) is 6.08 Å². The van der Waals surface area contributed by atoms with E-state index in [0.717, 1.165) is 21.6 Å². The molecule has 0 atom stereocenters. The molecule has 5 rings (SSSR count). The van der Waals surface area contributed by atoms with E-state index in [0.29, 0.717) is 34.9 Å². The Bertz CT molecular complexity index is 1610. The molecule has 1 aliphatic rings. The number of ether oxygens (including phenoxy) is 4. The number of carbonyl (C=O) groups excluding carboxylic acids is 2. The van der Waals surface area contributed by atoms with Crippen molar-refractivity contribution in [2.75, 3.05) is 25.3 Å². The highest BCUT2D eigenvalue weighted by atomic mass is 32.1. The van der Waals surface area contributed by atoms with Crippen LogP contribution in [0.25, 0.3) is 22.5 Å². The molecule has 2 aromatic carbocycles. The minimum atomic E-state index is -0.671. The first kappa shape index (κ1) is 25.0. The van der Waals surface area contributed by atoms with Crippen molar-refractivity contribution >= 4 is 45.1 Å². The highest BCUT2D eigenvalue weighted by Gasteiger charge is 2.23. The van der Waals surface area contributed by atoms with Gasteiger partial charge < -0.3 is 24.3 Å². The fourth-order valence-corrected chi connectivity index (χ4v) is 4.80. The lowest BCUT2D eigenvalue weighted by Gasteiger charge is -2.10. The third kappa shape index (κ3) is 4.96. The van der Waals surface area contributed by atoms with Crippen LogP contribution in [0.5, 0.6) is 17.2 Å². The van der Waals surface area contributed by atoms with Gasteiger partial charge in [0.1, 0.15) is 10.8 Å². The number of esters is 1. The molecule has 0 radical (unpaired) electrons. The van der Waals surface area contributed by atoms with E-state index in [1.54, 1.807) is 60.8 Å². The van der Waals surface area contributed by atoms with Crippen molar-refractivity contribution in [3.05, 3.63) is 75.5 Å². The van der Waals surface area contributed by atoms with E-state index >= 15 is 0 Å². The average Bonchev–Trinajstić information content (AvgIpc) is 3.56. The van der Waals surface area contributed by atoms with Gasteiger partial charge in [-0.3, -0.25) is 9.59 Å². The lowest BCUT2D eigenvalue weighted by atomic mass is 10.2. The molecule has 194 valence electrons. The van der Waals surface area contributed by atoms with Gasteiger partial charge in [-0.1, -0.05) is 6.07 Å². The summed E-state index contributed by atoms with van der Waals surface area (Å²) >= 11 is 1.12. The van der Waals surface area contributed by atoms with Crippen LogP contribution in [0.4, 0.5) is 5.00 Å². The molecule has 4 aromatic rings. The smallest absolute Gasteiger partial charge is 0.359 e. The van der Waals surface area contributed by atoms with Crippen molar-refractivity contribution in [3.8, 4) is 22.9 Å². The van der Waals surface area contributed by atoms with Gasteiger partial charge in [-0.05, 0) is 61.9 Å². The van der Waals surface area contributed by atoms with Gasteiger partial charge in [0.05, 0.1) is 24.3 Å². The third-order valence-electron chi connectivity index (χ3n) is 5.57. The second-order valence-corrected chi connectivity index (χ2v) is 8.88. The second-order valence-electron chi connectivity index (χ2n) is 8.00. The number of nitrogens with one attached hydrogen (secondary N) is 1. The molecule has 0 unspecified atom stereocenters. The van der Waals surface area contributed by atoms with Gasteiger partial charge in [0, 0.05) is 16.8 Å². The van der Waals surface area contributed by atoms with Crippen LogP contribution in [0.1, 0.15) is 29.9 Å². The predicted molar refractivity (Wildman–Crippen MR) is 143 cm³/mol. The van der Waals surface area contributed by atoms with Crippen LogP contribution >= 0.6 is 11.3 Å². The number of amides is 1. The maximum absolute atomic E-state index is 13.6. The van der Waals surface area contributed by atoms with Crippen LogP contribution in [-0.2, 0) is 9.53 Å². The summed E-state index contributed by atoms with van der Waals surface area (Å²) in [7, 11) is 0. The fourth-order valence-electron chi connectivity index (χ4n) is 3.86. The lowest BCUT2D eigenvalue weighted by Crippen LogP contribution is -2.25. The van der Waals surface area contributed by atoms with Gasteiger partial charge in [0.25, 0.3) is 5.56 Å². The Morgan fingerprint density at radius 1 is 1.11 bits per heavy atom. The molecule has 11 heteroatoms. The van der Waals surface area contributed by atoms with Crippen LogP contribution < -0.4 is 25.1 Å². The number of fused-ring (bicyclic) bond motifs is 2. The number of nitrogens with zero attached hydrogens (tertiary/aromatic N) is 2. The quantitative estimate of drug-likeness (QED) is 0.262. The number of carbonyl (C=O) groups is 2. The predicted octanol–water partition coefficient (Wildman–Crippen LogP) is 4.40. The Hall–Kier alpha value is -4.64. The summed E-state index contributed by atoms with van der Waals surface area (Å²) in [4.78, 5) is 39.1. The maximum Gasteiger partial charge on any atom is 0.359 e. The summed E-state index contributed by atoms with van der Waals surface area (Å²) in [6.07, 6.45) is 2.97. The molecule has 2 aromatic heterocycles. The Kier molecular flexibility index (Phi) is 7.09. The molecule has 0 spiro atoms. The molecule has 10 nitrogen and oxygen atoms in total. The van der Waals surface area contributed by atoms with Crippen LogP contribution in [0.15, 0.2) is 58.7 Å². The molecule has 0 saturated carbocycles. The molecule has 38 heavy (non-hydrogen) atoms. The van der Waals surface area contributed by atoms with E-state index in [9.17, 15) is 14.4 Å². The topological polar surface area (TPSA) is 118 Å². The Balaban J connectivity index is 1.50. The van der Waals surface area contributed by atoms with E-state index in [1.807, 2.05) is 6.92 Å². The van der Waals surface area contributed by atoms with Crippen LogP contribution in [0, 0.1) is 0 Å². The molecule has 0 aliphatic carbocycles.